The van der Waals surface area contributed by atoms with Gasteiger partial charge in [-0.3, -0.25) is 4.79 Å². The zero-order valence-corrected chi connectivity index (χ0v) is 7.64. The molecule has 0 aliphatic heterocycles. The fourth-order valence-corrected chi connectivity index (χ4v) is 0.506. The van der Waals surface area contributed by atoms with E-state index < -0.39 is 0 Å². The fraction of sp³-hybridized carbons (Fsp3) is 0.167. The molecule has 2 nitrogen and oxygen atoms in total. The van der Waals surface area contributed by atoms with E-state index in [1.165, 1.54) is 0 Å². The third kappa shape index (κ3) is 2.35. The Bertz CT molecular complexity index is 230. The van der Waals surface area contributed by atoms with Crippen molar-refractivity contribution in [1.29, 1.82) is 0 Å². The van der Waals surface area contributed by atoms with Crippen LogP contribution in [-0.4, -0.2) is 4.98 Å². The quantitative estimate of drug-likeness (QED) is 0.395. The van der Waals surface area contributed by atoms with Gasteiger partial charge in [0.05, 0.1) is 0 Å². The van der Waals surface area contributed by atoms with Gasteiger partial charge in [0.25, 0.3) is 5.56 Å². The molecule has 3 heteroatoms. The molecule has 0 saturated carbocycles. The predicted octanol–water partition coefficient (Wildman–Crippen LogP) is -2.31. The summed E-state index contributed by atoms with van der Waals surface area (Å²) in [6, 6.07) is 3.58. The molecule has 1 aromatic rings. The van der Waals surface area contributed by atoms with Crippen LogP contribution in [0.25, 0.3) is 0 Å². The zero-order chi connectivity index (χ0) is 5.98. The normalized spacial score (nSPS) is 8.11. The first kappa shape index (κ1) is 8.95. The summed E-state index contributed by atoms with van der Waals surface area (Å²) in [5.74, 6) is 0. The van der Waals surface area contributed by atoms with Gasteiger partial charge in [-0.25, -0.2) is 0 Å². The van der Waals surface area contributed by atoms with E-state index in [0.29, 0.717) is 0 Å². The molecule has 0 fully saturated rings. The minimum absolute atomic E-state index is 0. The van der Waals surface area contributed by atoms with Gasteiger partial charge >= 0.3 is 29.6 Å². The summed E-state index contributed by atoms with van der Waals surface area (Å²) in [6.07, 6.45) is 1.62. The van der Waals surface area contributed by atoms with Crippen molar-refractivity contribution in [2.75, 3.05) is 0 Å². The van der Waals surface area contributed by atoms with Crippen LogP contribution in [0.1, 0.15) is 5.56 Å². The molecule has 9 heavy (non-hydrogen) atoms. The maximum atomic E-state index is 10.6. The van der Waals surface area contributed by atoms with E-state index in [4.69, 9.17) is 0 Å². The van der Waals surface area contributed by atoms with Gasteiger partial charge in [0.2, 0.25) is 0 Å². The van der Waals surface area contributed by atoms with E-state index in [1.54, 1.807) is 25.3 Å². The molecule has 0 atom stereocenters. The summed E-state index contributed by atoms with van der Waals surface area (Å²) in [6.45, 7) is 1.78. The minimum Gasteiger partial charge on any atom is -0.329 e. The number of pyridine rings is 1. The van der Waals surface area contributed by atoms with E-state index in [-0.39, 0.29) is 35.1 Å². The zero-order valence-electron chi connectivity index (χ0n) is 5.64. The summed E-state index contributed by atoms with van der Waals surface area (Å²) >= 11 is 0. The van der Waals surface area contributed by atoms with Gasteiger partial charge in [-0.15, -0.1) is 0 Å². The Balaban J connectivity index is 0.000000640. The molecule has 1 rings (SSSR count). The Labute approximate surface area is 75.6 Å². The van der Waals surface area contributed by atoms with Crippen LogP contribution in [0.2, 0.25) is 0 Å². The number of aryl methyl sites for hydroxylation is 1. The third-order valence-corrected chi connectivity index (χ3v) is 1.02. The Hall–Kier alpha value is -0.0500. The Morgan fingerprint density at radius 2 is 2.22 bits per heavy atom. The fourth-order valence-electron chi connectivity index (χ4n) is 0.506. The molecule has 1 heterocycles. The maximum absolute atomic E-state index is 10.6. The molecule has 0 unspecified atom stereocenters. The van der Waals surface area contributed by atoms with E-state index in [9.17, 15) is 4.79 Å². The summed E-state index contributed by atoms with van der Waals surface area (Å²) in [5, 5.41) is 0. The van der Waals surface area contributed by atoms with Crippen LogP contribution in [0.15, 0.2) is 23.1 Å². The predicted molar refractivity (Wildman–Crippen MR) is 31.8 cm³/mol. The van der Waals surface area contributed by atoms with E-state index in [0.717, 1.165) is 5.56 Å². The smallest absolute Gasteiger partial charge is 0.329 e. The molecule has 0 radical (unpaired) electrons. The number of rotatable bonds is 0. The van der Waals surface area contributed by atoms with Crippen molar-refractivity contribution in [3.8, 4) is 0 Å². The second-order valence-electron chi connectivity index (χ2n) is 1.68. The summed E-state index contributed by atoms with van der Waals surface area (Å²) in [5.41, 5.74) is 0.750. The molecule has 0 aliphatic carbocycles. The number of nitrogens with one attached hydrogen (secondary N) is 1. The topological polar surface area (TPSA) is 32.9 Å². The Morgan fingerprint density at radius 1 is 1.56 bits per heavy atom. The van der Waals surface area contributed by atoms with Crippen molar-refractivity contribution >= 4 is 0 Å². The monoisotopic (exact) mass is 132 g/mol. The molecule has 42 valence electrons. The SMILES string of the molecule is Cc1ccc[nH]c1=O.[Na+]. The first-order valence-electron chi connectivity index (χ1n) is 2.45. The van der Waals surface area contributed by atoms with E-state index >= 15 is 0 Å². The van der Waals surface area contributed by atoms with Crippen molar-refractivity contribution in [2.45, 2.75) is 6.92 Å². The molecular formula is C6H7NNaO+. The first-order chi connectivity index (χ1) is 3.80. The summed E-state index contributed by atoms with van der Waals surface area (Å²) in [4.78, 5) is 13.1. The van der Waals surface area contributed by atoms with E-state index in [1.807, 2.05) is 0 Å². The van der Waals surface area contributed by atoms with Gasteiger partial charge in [0.15, 0.2) is 0 Å². The summed E-state index contributed by atoms with van der Waals surface area (Å²) in [7, 11) is 0. The third-order valence-electron chi connectivity index (χ3n) is 1.02. The molecular weight excluding hydrogens is 125 g/mol. The molecule has 0 saturated heterocycles. The van der Waals surface area contributed by atoms with Crippen LogP contribution < -0.4 is 35.1 Å². The molecule has 0 spiro atoms. The van der Waals surface area contributed by atoms with Crippen molar-refractivity contribution in [3.05, 3.63) is 34.2 Å². The first-order valence-corrected chi connectivity index (χ1v) is 2.45. The number of aromatic amines is 1. The van der Waals surface area contributed by atoms with Crippen molar-refractivity contribution in [3.63, 3.8) is 0 Å². The van der Waals surface area contributed by atoms with Gasteiger partial charge < -0.3 is 4.98 Å². The van der Waals surface area contributed by atoms with Gasteiger partial charge in [0.1, 0.15) is 0 Å². The number of H-pyrrole nitrogens is 1. The van der Waals surface area contributed by atoms with Crippen LogP contribution >= 0.6 is 0 Å². The standard InChI is InChI=1S/C6H7NO.Na/c1-5-3-2-4-7-6(5)8;/h2-4H,1H3,(H,7,8);/q;+1. The molecule has 0 bridgehead atoms. The van der Waals surface area contributed by atoms with Crippen LogP contribution in [0.4, 0.5) is 0 Å². The van der Waals surface area contributed by atoms with Crippen molar-refractivity contribution < 1.29 is 29.6 Å². The second-order valence-corrected chi connectivity index (χ2v) is 1.68. The van der Waals surface area contributed by atoms with Gasteiger partial charge in [-0.2, -0.15) is 0 Å². The van der Waals surface area contributed by atoms with Gasteiger partial charge in [-0.1, -0.05) is 6.07 Å². The Morgan fingerprint density at radius 3 is 2.56 bits per heavy atom. The van der Waals surface area contributed by atoms with Crippen LogP contribution in [0.3, 0.4) is 0 Å². The molecule has 0 aliphatic rings. The van der Waals surface area contributed by atoms with Crippen LogP contribution in [0, 0.1) is 6.92 Å². The van der Waals surface area contributed by atoms with Crippen LogP contribution in [0.5, 0.6) is 0 Å². The number of aromatic nitrogens is 1. The van der Waals surface area contributed by atoms with Crippen LogP contribution in [-0.2, 0) is 0 Å². The van der Waals surface area contributed by atoms with Gasteiger partial charge in [-0.05, 0) is 13.0 Å². The molecule has 1 N–H and O–H groups in total. The summed E-state index contributed by atoms with van der Waals surface area (Å²) < 4.78 is 0. The average molecular weight is 132 g/mol. The number of hydrogen-bond acceptors (Lipinski definition) is 1. The second kappa shape index (κ2) is 3.88. The number of hydrogen-bond donors (Lipinski definition) is 1. The molecule has 0 aromatic carbocycles. The van der Waals surface area contributed by atoms with E-state index in [2.05, 4.69) is 4.98 Å². The largest absolute Gasteiger partial charge is 1.00 e. The van der Waals surface area contributed by atoms with Gasteiger partial charge in [0, 0.05) is 11.8 Å². The Kier molecular flexibility index (Phi) is 3.86. The molecule has 0 amide bonds. The average Bonchev–Trinajstić information content (AvgIpc) is 1.77. The minimum atomic E-state index is -0.00694. The maximum Gasteiger partial charge on any atom is 1.00 e. The molecule has 1 aromatic heterocycles. The van der Waals surface area contributed by atoms with Crippen molar-refractivity contribution in [1.82, 2.24) is 4.98 Å². The van der Waals surface area contributed by atoms with Crippen molar-refractivity contribution in [2.24, 2.45) is 0 Å².